The number of primary amides is 1. The van der Waals surface area contributed by atoms with Crippen LogP contribution in [0.25, 0.3) is 0 Å². The van der Waals surface area contributed by atoms with Crippen molar-refractivity contribution < 1.29 is 9.53 Å². The fraction of sp³-hybridized carbons (Fsp3) is 0.0769. The number of nitrogens with zero attached hydrogens (tertiary/aromatic N) is 1. The predicted molar refractivity (Wildman–Crippen MR) is 71.2 cm³/mol. The van der Waals surface area contributed by atoms with E-state index in [-0.39, 0.29) is 0 Å². The molecule has 2 rings (SSSR count). The minimum absolute atomic E-state index is 0.353. The summed E-state index contributed by atoms with van der Waals surface area (Å²) in [5, 5.41) is 0. The maximum absolute atomic E-state index is 11.0. The summed E-state index contributed by atoms with van der Waals surface area (Å²) in [4.78, 5) is 15.1. The molecule has 1 heterocycles. The largest absolute Gasteiger partial charge is 0.486 e. The van der Waals surface area contributed by atoms with Crippen LogP contribution in [0.5, 0.6) is 5.75 Å². The topological polar surface area (TPSA) is 65.2 Å². The summed E-state index contributed by atoms with van der Waals surface area (Å²) in [6, 6.07) is 10.6. The molecule has 4 nitrogen and oxygen atoms in total. The van der Waals surface area contributed by atoms with E-state index in [9.17, 15) is 4.79 Å². The lowest BCUT2D eigenvalue weighted by Crippen LogP contribution is -2.11. The Morgan fingerprint density at radius 3 is 2.89 bits per heavy atom. The van der Waals surface area contributed by atoms with Crippen molar-refractivity contribution in [1.29, 1.82) is 0 Å². The molecule has 0 unspecified atom stereocenters. The molecule has 0 fully saturated rings. The van der Waals surface area contributed by atoms with Gasteiger partial charge in [-0.05, 0) is 45.8 Å². The Morgan fingerprint density at radius 2 is 2.17 bits per heavy atom. The number of carbonyl (C=O) groups excluding carboxylic acids is 1. The number of halogens is 1. The van der Waals surface area contributed by atoms with E-state index in [1.807, 2.05) is 12.1 Å². The molecule has 1 aromatic carbocycles. The van der Waals surface area contributed by atoms with Crippen LogP contribution in [0, 0.1) is 0 Å². The van der Waals surface area contributed by atoms with Crippen molar-refractivity contribution in [3.05, 3.63) is 58.3 Å². The molecule has 0 saturated heterocycles. The second-order valence-corrected chi connectivity index (χ2v) is 4.40. The van der Waals surface area contributed by atoms with E-state index in [0.717, 1.165) is 5.56 Å². The predicted octanol–water partition coefficient (Wildman–Crippen LogP) is 2.52. The molecule has 0 aliphatic carbocycles. The van der Waals surface area contributed by atoms with E-state index in [4.69, 9.17) is 10.5 Å². The molecular formula is C13H11BrN2O2. The van der Waals surface area contributed by atoms with Gasteiger partial charge in [0.05, 0.1) is 0 Å². The number of carbonyl (C=O) groups is 1. The van der Waals surface area contributed by atoms with Gasteiger partial charge in [0.15, 0.2) is 5.75 Å². The van der Waals surface area contributed by atoms with Crippen molar-refractivity contribution >= 4 is 21.8 Å². The van der Waals surface area contributed by atoms with Crippen molar-refractivity contribution in [2.75, 3.05) is 0 Å². The second kappa shape index (κ2) is 5.64. The van der Waals surface area contributed by atoms with E-state index in [1.165, 1.54) is 0 Å². The van der Waals surface area contributed by atoms with Gasteiger partial charge in [-0.2, -0.15) is 0 Å². The number of amides is 1. The number of aromatic nitrogens is 1. The van der Waals surface area contributed by atoms with Gasteiger partial charge < -0.3 is 10.5 Å². The highest BCUT2D eigenvalue weighted by Gasteiger charge is 2.04. The van der Waals surface area contributed by atoms with Gasteiger partial charge in [-0.3, -0.25) is 4.79 Å². The van der Waals surface area contributed by atoms with Gasteiger partial charge in [0, 0.05) is 11.8 Å². The highest BCUT2D eigenvalue weighted by atomic mass is 79.9. The molecule has 0 aliphatic heterocycles. The zero-order valence-electron chi connectivity index (χ0n) is 9.47. The Morgan fingerprint density at radius 1 is 1.33 bits per heavy atom. The Balaban J connectivity index is 2.09. The van der Waals surface area contributed by atoms with Crippen LogP contribution in [0.1, 0.15) is 15.9 Å². The van der Waals surface area contributed by atoms with Crippen LogP contribution in [-0.2, 0) is 6.61 Å². The fourth-order valence-electron chi connectivity index (χ4n) is 1.45. The fourth-order valence-corrected chi connectivity index (χ4v) is 1.82. The molecule has 0 spiro atoms. The van der Waals surface area contributed by atoms with E-state index in [1.54, 1.807) is 30.5 Å². The van der Waals surface area contributed by atoms with Crippen LogP contribution in [-0.4, -0.2) is 10.9 Å². The van der Waals surface area contributed by atoms with E-state index >= 15 is 0 Å². The molecule has 2 N–H and O–H groups in total. The van der Waals surface area contributed by atoms with Crippen molar-refractivity contribution in [1.82, 2.24) is 4.98 Å². The lowest BCUT2D eigenvalue weighted by Gasteiger charge is -2.07. The van der Waals surface area contributed by atoms with Gasteiger partial charge in [-0.25, -0.2) is 4.98 Å². The van der Waals surface area contributed by atoms with Crippen molar-refractivity contribution in [2.24, 2.45) is 5.73 Å². The molecule has 2 aromatic rings. The Labute approximate surface area is 113 Å². The molecule has 92 valence electrons. The van der Waals surface area contributed by atoms with E-state index < -0.39 is 5.91 Å². The normalized spacial score (nSPS) is 10.1. The minimum Gasteiger partial charge on any atom is -0.486 e. The maximum Gasteiger partial charge on any atom is 0.248 e. The first kappa shape index (κ1) is 12.6. The molecule has 0 bridgehead atoms. The monoisotopic (exact) mass is 306 g/mol. The Kier molecular flexibility index (Phi) is 3.94. The third kappa shape index (κ3) is 3.07. The standard InChI is InChI=1S/C13H11BrN2O2/c14-12-11(5-2-6-16-12)18-8-9-3-1-4-10(7-9)13(15)17/h1-7H,8H2,(H2,15,17). The highest BCUT2D eigenvalue weighted by Crippen LogP contribution is 2.22. The lowest BCUT2D eigenvalue weighted by molar-refractivity contribution is 0.1000. The third-order valence-corrected chi connectivity index (χ3v) is 2.93. The Hall–Kier alpha value is -1.88. The average molecular weight is 307 g/mol. The minimum atomic E-state index is -0.445. The van der Waals surface area contributed by atoms with Crippen molar-refractivity contribution in [3.8, 4) is 5.75 Å². The van der Waals surface area contributed by atoms with Crippen LogP contribution in [0.2, 0.25) is 0 Å². The number of hydrogen-bond acceptors (Lipinski definition) is 3. The summed E-state index contributed by atoms with van der Waals surface area (Å²) in [7, 11) is 0. The SMILES string of the molecule is NC(=O)c1cccc(COc2cccnc2Br)c1. The van der Waals surface area contributed by atoms with Crippen LogP contribution < -0.4 is 10.5 Å². The highest BCUT2D eigenvalue weighted by molar-refractivity contribution is 9.10. The zero-order valence-corrected chi connectivity index (χ0v) is 11.1. The molecule has 0 aliphatic rings. The number of benzene rings is 1. The first-order valence-electron chi connectivity index (χ1n) is 5.29. The van der Waals surface area contributed by atoms with Crippen molar-refractivity contribution in [3.63, 3.8) is 0 Å². The van der Waals surface area contributed by atoms with E-state index in [2.05, 4.69) is 20.9 Å². The summed E-state index contributed by atoms with van der Waals surface area (Å²) < 4.78 is 6.25. The van der Waals surface area contributed by atoms with Crippen LogP contribution >= 0.6 is 15.9 Å². The van der Waals surface area contributed by atoms with Gasteiger partial charge >= 0.3 is 0 Å². The number of hydrogen-bond donors (Lipinski definition) is 1. The van der Waals surface area contributed by atoms with Gasteiger partial charge in [-0.1, -0.05) is 12.1 Å². The molecular weight excluding hydrogens is 296 g/mol. The van der Waals surface area contributed by atoms with Gasteiger partial charge in [0.25, 0.3) is 0 Å². The smallest absolute Gasteiger partial charge is 0.248 e. The lowest BCUT2D eigenvalue weighted by atomic mass is 10.1. The molecule has 18 heavy (non-hydrogen) atoms. The number of ether oxygens (including phenoxy) is 1. The molecule has 1 amide bonds. The molecule has 5 heteroatoms. The number of pyridine rings is 1. The van der Waals surface area contributed by atoms with Crippen molar-refractivity contribution in [2.45, 2.75) is 6.61 Å². The quantitative estimate of drug-likeness (QED) is 0.883. The summed E-state index contributed by atoms with van der Waals surface area (Å²) in [5.74, 6) is 0.210. The third-order valence-electron chi connectivity index (χ3n) is 2.33. The first-order chi connectivity index (χ1) is 8.66. The van der Waals surface area contributed by atoms with Crippen LogP contribution in [0.4, 0.5) is 0 Å². The summed E-state index contributed by atoms with van der Waals surface area (Å²) in [6.45, 7) is 0.353. The zero-order chi connectivity index (χ0) is 13.0. The summed E-state index contributed by atoms with van der Waals surface area (Å²) in [5.41, 5.74) is 6.57. The van der Waals surface area contributed by atoms with Crippen LogP contribution in [0.15, 0.2) is 47.2 Å². The van der Waals surface area contributed by atoms with E-state index in [0.29, 0.717) is 22.5 Å². The number of rotatable bonds is 4. The van der Waals surface area contributed by atoms with Crippen LogP contribution in [0.3, 0.4) is 0 Å². The summed E-state index contributed by atoms with van der Waals surface area (Å²) in [6.07, 6.45) is 1.67. The first-order valence-corrected chi connectivity index (χ1v) is 6.08. The van der Waals surface area contributed by atoms with Gasteiger partial charge in [0.1, 0.15) is 11.2 Å². The molecule has 1 aromatic heterocycles. The van der Waals surface area contributed by atoms with Gasteiger partial charge in [0.2, 0.25) is 5.91 Å². The molecule has 0 atom stereocenters. The number of nitrogens with two attached hydrogens (primary N) is 1. The Bertz CT molecular complexity index is 572. The maximum atomic E-state index is 11.0. The molecule has 0 radical (unpaired) electrons. The second-order valence-electron chi connectivity index (χ2n) is 3.65. The van der Waals surface area contributed by atoms with Gasteiger partial charge in [-0.15, -0.1) is 0 Å². The average Bonchev–Trinajstić information content (AvgIpc) is 2.38. The summed E-state index contributed by atoms with van der Waals surface area (Å²) >= 11 is 3.30. The molecule has 0 saturated carbocycles.